The van der Waals surface area contributed by atoms with E-state index in [1.807, 2.05) is 49.9 Å². The van der Waals surface area contributed by atoms with Crippen LogP contribution in [0.3, 0.4) is 0 Å². The SMILES string of the molecule is COC(=O)NC(C(=O)N1[C@H](c2ncc(-c3ccc4cc(-c5ccc(-c6cnc([C@@H]7C[C@@]8(C)C[C@H]8N7C(=O)C(NC(=O)O)C(C)C)[nH]6)cc5)ccc4c3)[nH]2)C[C@@]2(C)C[C@@H]12)C(C)C. The number of imidazole rings is 2. The number of carbonyl (C=O) groups excluding carboxylic acids is 3. The highest BCUT2D eigenvalue weighted by Gasteiger charge is 2.65. The number of carbonyl (C=O) groups is 4. The zero-order valence-electron chi connectivity index (χ0n) is 35.7. The molecule has 4 heterocycles. The Balaban J connectivity index is 0.895. The van der Waals surface area contributed by atoms with Crippen LogP contribution < -0.4 is 10.6 Å². The van der Waals surface area contributed by atoms with E-state index in [9.17, 15) is 24.3 Å². The first-order valence-electron chi connectivity index (χ1n) is 21.3. The fourth-order valence-electron chi connectivity index (χ4n) is 10.1. The Morgan fingerprint density at radius 2 is 1.11 bits per heavy atom. The summed E-state index contributed by atoms with van der Waals surface area (Å²) < 4.78 is 4.82. The second-order valence-electron chi connectivity index (χ2n) is 18.9. The fourth-order valence-corrected chi connectivity index (χ4v) is 10.1. The van der Waals surface area contributed by atoms with E-state index in [2.05, 4.69) is 95.1 Å². The number of hydrogen-bond acceptors (Lipinski definition) is 7. The minimum absolute atomic E-state index is 0.00811. The number of nitrogens with zero attached hydrogens (tertiary/aromatic N) is 4. The van der Waals surface area contributed by atoms with Crippen molar-refractivity contribution in [3.63, 3.8) is 0 Å². The van der Waals surface area contributed by atoms with Gasteiger partial charge < -0.3 is 40.2 Å². The van der Waals surface area contributed by atoms with E-state index >= 15 is 0 Å². The highest BCUT2D eigenvalue weighted by molar-refractivity contribution is 5.91. The minimum Gasteiger partial charge on any atom is -0.465 e. The minimum atomic E-state index is -1.20. The maximum absolute atomic E-state index is 14.0. The van der Waals surface area contributed by atoms with Crippen molar-refractivity contribution >= 4 is 34.8 Å². The van der Waals surface area contributed by atoms with Crippen LogP contribution in [0.15, 0.2) is 73.1 Å². The molecule has 0 radical (unpaired) electrons. The molecule has 4 aliphatic rings. The van der Waals surface area contributed by atoms with E-state index in [1.54, 1.807) is 0 Å². The molecule has 2 saturated carbocycles. The molecule has 5 N–H and O–H groups in total. The van der Waals surface area contributed by atoms with Crippen LogP contribution in [0.2, 0.25) is 0 Å². The van der Waals surface area contributed by atoms with Crippen molar-refractivity contribution in [2.45, 2.75) is 103 Å². The molecule has 0 spiro atoms. The topological polar surface area (TPSA) is 186 Å². The molecule has 5 aromatic rings. The normalized spacial score (nSPS) is 25.9. The standard InChI is InChI=1S/C47H54N8O6/c1-24(2)38(52-44(58)59)42(56)54-34(18-46(5)20-36(46)54)40-48-22-32(50-40)27-10-8-26(9-11-27)28-12-13-30-17-31(15-14-29(30)16-28)33-23-49-41(51-33)35-19-47(6)21-37(47)55(35)43(57)39(25(3)4)53-45(60)61-7/h8-17,22-25,34-39,52H,18-21H2,1-7H3,(H,48,50)(H,49,51)(H,53,60)(H,58,59)/t34-,35-,36+,37+,38?,39?,46-,47-/m0/s1. The van der Waals surface area contributed by atoms with Crippen molar-refractivity contribution in [1.82, 2.24) is 40.4 Å². The van der Waals surface area contributed by atoms with Crippen LogP contribution >= 0.6 is 0 Å². The van der Waals surface area contributed by atoms with Gasteiger partial charge in [-0.25, -0.2) is 19.6 Å². The highest BCUT2D eigenvalue weighted by atomic mass is 16.5. The fraction of sp³-hybridized carbons (Fsp3) is 0.447. The van der Waals surface area contributed by atoms with Crippen molar-refractivity contribution in [2.24, 2.45) is 22.7 Å². The third-order valence-corrected chi connectivity index (χ3v) is 13.9. The molecule has 4 amide bonds. The Hall–Kier alpha value is -6.18. The number of aromatic amines is 2. The number of H-pyrrole nitrogens is 2. The maximum Gasteiger partial charge on any atom is 0.407 e. The first-order chi connectivity index (χ1) is 29.1. The van der Waals surface area contributed by atoms with Crippen molar-refractivity contribution in [3.8, 4) is 33.6 Å². The average Bonchev–Trinajstić information content (AvgIpc) is 3.68. The van der Waals surface area contributed by atoms with Gasteiger partial charge >= 0.3 is 12.2 Å². The van der Waals surface area contributed by atoms with Gasteiger partial charge in [0.05, 0.1) is 43.0 Å². The molecule has 8 atom stereocenters. The van der Waals surface area contributed by atoms with Crippen LogP contribution in [0.4, 0.5) is 9.59 Å². The molecule has 61 heavy (non-hydrogen) atoms. The summed E-state index contributed by atoms with van der Waals surface area (Å²) in [6.07, 6.45) is 5.26. The second-order valence-corrected chi connectivity index (χ2v) is 18.9. The van der Waals surface area contributed by atoms with E-state index in [4.69, 9.17) is 14.7 Å². The molecule has 2 aliphatic carbocycles. The monoisotopic (exact) mass is 826 g/mol. The number of ether oxygens (including phenoxy) is 1. The number of carboxylic acid groups (broad SMARTS) is 1. The number of hydrogen-bond donors (Lipinski definition) is 5. The number of nitrogens with one attached hydrogen (secondary N) is 4. The molecule has 2 unspecified atom stereocenters. The number of methoxy groups -OCH3 is 1. The molecular formula is C47H54N8O6. The summed E-state index contributed by atoms with van der Waals surface area (Å²) >= 11 is 0. The Morgan fingerprint density at radius 3 is 1.61 bits per heavy atom. The summed E-state index contributed by atoms with van der Waals surface area (Å²) in [5.41, 5.74) is 5.89. The van der Waals surface area contributed by atoms with E-state index in [0.29, 0.717) is 5.82 Å². The second kappa shape index (κ2) is 14.8. The summed E-state index contributed by atoms with van der Waals surface area (Å²) in [7, 11) is 1.30. The maximum atomic E-state index is 14.0. The zero-order chi connectivity index (χ0) is 43.1. The van der Waals surface area contributed by atoms with Gasteiger partial charge in [-0.15, -0.1) is 0 Å². The van der Waals surface area contributed by atoms with Crippen LogP contribution in [0.1, 0.15) is 91.0 Å². The number of aromatic nitrogens is 4. The molecule has 9 rings (SSSR count). The summed E-state index contributed by atoms with van der Waals surface area (Å²) in [6.45, 7) is 12.0. The number of fused-ring (bicyclic) bond motifs is 3. The molecule has 14 nitrogen and oxygen atoms in total. The lowest BCUT2D eigenvalue weighted by molar-refractivity contribution is -0.137. The predicted molar refractivity (Wildman–Crippen MR) is 230 cm³/mol. The van der Waals surface area contributed by atoms with Crippen LogP contribution in [-0.2, 0) is 14.3 Å². The molecule has 2 aromatic heterocycles. The summed E-state index contributed by atoms with van der Waals surface area (Å²) in [4.78, 5) is 71.8. The first-order valence-corrected chi connectivity index (χ1v) is 21.3. The Kier molecular flexibility index (Phi) is 9.74. The third-order valence-electron chi connectivity index (χ3n) is 13.9. The summed E-state index contributed by atoms with van der Waals surface area (Å²) in [5, 5.41) is 16.8. The Labute approximate surface area is 354 Å². The first kappa shape index (κ1) is 40.2. The molecule has 4 fully saturated rings. The van der Waals surface area contributed by atoms with Crippen LogP contribution in [0.25, 0.3) is 44.4 Å². The molecule has 14 heteroatoms. The van der Waals surface area contributed by atoms with Gasteiger partial charge in [-0.2, -0.15) is 0 Å². The predicted octanol–water partition coefficient (Wildman–Crippen LogP) is 8.06. The van der Waals surface area contributed by atoms with Gasteiger partial charge in [0.15, 0.2) is 0 Å². The van der Waals surface area contributed by atoms with Gasteiger partial charge in [0, 0.05) is 17.6 Å². The lowest BCUT2D eigenvalue weighted by Gasteiger charge is -2.31. The van der Waals surface area contributed by atoms with Gasteiger partial charge in [0.2, 0.25) is 11.8 Å². The van der Waals surface area contributed by atoms with E-state index in [1.165, 1.54) is 7.11 Å². The third kappa shape index (κ3) is 7.19. The zero-order valence-corrected chi connectivity index (χ0v) is 35.7. The highest BCUT2D eigenvalue weighted by Crippen LogP contribution is 2.64. The van der Waals surface area contributed by atoms with Crippen molar-refractivity contribution < 1.29 is 29.0 Å². The number of alkyl carbamates (subject to hydrolysis) is 1. The molecule has 318 valence electrons. The van der Waals surface area contributed by atoms with Gasteiger partial charge in [-0.3, -0.25) is 9.59 Å². The number of amides is 4. The van der Waals surface area contributed by atoms with Crippen LogP contribution in [0, 0.1) is 22.7 Å². The molecule has 0 bridgehead atoms. The van der Waals surface area contributed by atoms with E-state index in [-0.39, 0.29) is 58.6 Å². The summed E-state index contributed by atoms with van der Waals surface area (Å²) in [5.74, 6) is 0.848. The van der Waals surface area contributed by atoms with Gasteiger partial charge in [0.1, 0.15) is 23.7 Å². The number of piperidine rings is 2. The largest absolute Gasteiger partial charge is 0.465 e. The number of rotatable bonds is 11. The number of likely N-dealkylation sites (tertiary alicyclic amines) is 2. The molecule has 3 aromatic carbocycles. The van der Waals surface area contributed by atoms with Crippen LogP contribution in [0.5, 0.6) is 0 Å². The van der Waals surface area contributed by atoms with Crippen molar-refractivity contribution in [3.05, 3.63) is 84.7 Å². The average molecular weight is 827 g/mol. The van der Waals surface area contributed by atoms with Gasteiger partial charge in [0.25, 0.3) is 0 Å². The molecule has 2 aliphatic heterocycles. The van der Waals surface area contributed by atoms with Crippen molar-refractivity contribution in [2.75, 3.05) is 7.11 Å². The lowest BCUT2D eigenvalue weighted by Crippen LogP contribution is -2.52. The lowest BCUT2D eigenvalue weighted by atomic mass is 9.98. The number of benzene rings is 3. The van der Waals surface area contributed by atoms with Gasteiger partial charge in [-0.05, 0) is 87.9 Å². The van der Waals surface area contributed by atoms with Gasteiger partial charge in [-0.1, -0.05) is 90.1 Å². The quantitative estimate of drug-likeness (QED) is 0.0885. The van der Waals surface area contributed by atoms with Crippen LogP contribution in [-0.4, -0.2) is 90.1 Å². The smallest absolute Gasteiger partial charge is 0.407 e. The van der Waals surface area contributed by atoms with Crippen molar-refractivity contribution in [1.29, 1.82) is 0 Å². The summed E-state index contributed by atoms with van der Waals surface area (Å²) in [6, 6.07) is 19.3. The Bertz CT molecular complexity index is 2550. The molecular weight excluding hydrogens is 773 g/mol. The van der Waals surface area contributed by atoms with E-state index < -0.39 is 24.3 Å². The van der Waals surface area contributed by atoms with E-state index in [0.717, 1.165) is 75.9 Å². The molecule has 2 saturated heterocycles. The Morgan fingerprint density at radius 1 is 0.672 bits per heavy atom.